The summed E-state index contributed by atoms with van der Waals surface area (Å²) in [6.45, 7) is 4.84. The second-order valence-electron chi connectivity index (χ2n) is 10.7. The number of rotatable bonds is 20. The molecule has 0 unspecified atom stereocenters. The van der Waals surface area contributed by atoms with Crippen molar-refractivity contribution in [3.05, 3.63) is 47.5 Å². The summed E-state index contributed by atoms with van der Waals surface area (Å²) in [5.41, 5.74) is 2.07. The van der Waals surface area contributed by atoms with Crippen molar-refractivity contribution in [2.75, 3.05) is 18.6 Å². The minimum atomic E-state index is -0.705. The van der Waals surface area contributed by atoms with Gasteiger partial charge in [0.25, 0.3) is 0 Å². The summed E-state index contributed by atoms with van der Waals surface area (Å²) in [6.07, 6.45) is 11.0. The Balaban J connectivity index is 1.73. The highest BCUT2D eigenvalue weighted by molar-refractivity contribution is 7.99. The Morgan fingerprint density at radius 2 is 1.85 bits per heavy atom. The first-order valence-electron chi connectivity index (χ1n) is 14.8. The highest BCUT2D eigenvalue weighted by atomic mass is 32.2. The Morgan fingerprint density at radius 1 is 1.13 bits per heavy atom. The average Bonchev–Trinajstić information content (AvgIpc) is 3.18. The number of Topliss-reactive ketones (excluding diaryl/α,β-unsaturated/α-hetero) is 1. The number of ketones is 1. The van der Waals surface area contributed by atoms with Crippen molar-refractivity contribution in [2.45, 2.75) is 109 Å². The number of benzene rings is 1. The van der Waals surface area contributed by atoms with Gasteiger partial charge in [-0.25, -0.2) is 0 Å². The molecule has 0 aliphatic heterocycles. The molecule has 0 heterocycles. The highest BCUT2D eigenvalue weighted by Crippen LogP contribution is 2.34. The Bertz CT molecular complexity index is 864. The molecular formula is C32H50O6S. The van der Waals surface area contributed by atoms with E-state index in [9.17, 15) is 19.8 Å². The molecule has 0 radical (unpaired) electrons. The van der Waals surface area contributed by atoms with Gasteiger partial charge in [-0.1, -0.05) is 75.9 Å². The second-order valence-corrected chi connectivity index (χ2v) is 12.0. The number of aliphatic hydroxyl groups excluding tert-OH is 2. The number of carbonyl (C=O) groups excluding carboxylic acids is 2. The molecule has 1 aliphatic rings. The largest absolute Gasteiger partial charge is 0.462 e. The van der Waals surface area contributed by atoms with Gasteiger partial charge in [-0.3, -0.25) is 9.59 Å². The van der Waals surface area contributed by atoms with Gasteiger partial charge in [-0.2, -0.15) is 11.8 Å². The Kier molecular flexibility index (Phi) is 16.7. The number of ether oxygens (including phenoxy) is 2. The predicted octanol–water partition coefficient (Wildman–Crippen LogP) is 6.05. The fourth-order valence-electron chi connectivity index (χ4n) is 5.17. The molecule has 1 aliphatic carbocycles. The summed E-state index contributed by atoms with van der Waals surface area (Å²) in [5, 5.41) is 21.0. The number of aliphatic hydroxyl groups is 2. The zero-order valence-electron chi connectivity index (χ0n) is 24.2. The minimum absolute atomic E-state index is 0.0502. The number of esters is 1. The summed E-state index contributed by atoms with van der Waals surface area (Å²) in [7, 11) is 1.66. The number of hydrogen-bond acceptors (Lipinski definition) is 7. The second kappa shape index (κ2) is 19.4. The summed E-state index contributed by atoms with van der Waals surface area (Å²) in [5.74, 6) is 1.13. The number of unbranched alkanes of at least 4 members (excludes halogenated alkanes) is 2. The van der Waals surface area contributed by atoms with Gasteiger partial charge in [-0.15, -0.1) is 0 Å². The van der Waals surface area contributed by atoms with E-state index < -0.39 is 12.2 Å². The number of carbonyl (C=O) groups is 2. The highest BCUT2D eigenvalue weighted by Gasteiger charge is 2.39. The summed E-state index contributed by atoms with van der Waals surface area (Å²) in [6, 6.07) is 7.93. The third kappa shape index (κ3) is 13.0. The molecule has 1 aromatic carbocycles. The van der Waals surface area contributed by atoms with Gasteiger partial charge in [-0.05, 0) is 48.3 Å². The molecule has 220 valence electrons. The van der Waals surface area contributed by atoms with Gasteiger partial charge in [0.1, 0.15) is 11.9 Å². The number of methoxy groups -OCH3 is 1. The first-order chi connectivity index (χ1) is 18.9. The molecule has 6 nitrogen and oxygen atoms in total. The quantitative estimate of drug-likeness (QED) is 0.113. The maximum atomic E-state index is 12.6. The smallest absolute Gasteiger partial charge is 0.306 e. The van der Waals surface area contributed by atoms with E-state index in [0.29, 0.717) is 25.9 Å². The van der Waals surface area contributed by atoms with E-state index in [1.807, 2.05) is 30.3 Å². The molecular weight excluding hydrogens is 512 g/mol. The van der Waals surface area contributed by atoms with Gasteiger partial charge in [0.15, 0.2) is 0 Å². The van der Waals surface area contributed by atoms with Gasteiger partial charge in [0, 0.05) is 38.2 Å². The van der Waals surface area contributed by atoms with Crippen LogP contribution in [0.25, 0.3) is 0 Å². The Hall–Kier alpha value is -1.67. The summed E-state index contributed by atoms with van der Waals surface area (Å²) >= 11 is 1.74. The lowest BCUT2D eigenvalue weighted by molar-refractivity contribution is -0.149. The van der Waals surface area contributed by atoms with Crippen LogP contribution in [0.5, 0.6) is 0 Å². The minimum Gasteiger partial charge on any atom is -0.462 e. The molecule has 4 atom stereocenters. The summed E-state index contributed by atoms with van der Waals surface area (Å²) < 4.78 is 10.9. The first kappa shape index (κ1) is 33.5. The number of thioether (sulfide) groups is 1. The van der Waals surface area contributed by atoms with Crippen LogP contribution in [0.3, 0.4) is 0 Å². The van der Waals surface area contributed by atoms with Crippen LogP contribution in [0.1, 0.15) is 89.2 Å². The van der Waals surface area contributed by atoms with Gasteiger partial charge in [0.05, 0.1) is 18.8 Å². The lowest BCUT2D eigenvalue weighted by atomic mass is 9.91. The van der Waals surface area contributed by atoms with Crippen LogP contribution in [0, 0.1) is 11.8 Å². The molecule has 0 bridgehead atoms. The lowest BCUT2D eigenvalue weighted by Crippen LogP contribution is -2.20. The third-order valence-electron chi connectivity index (χ3n) is 7.34. The van der Waals surface area contributed by atoms with Crippen molar-refractivity contribution >= 4 is 23.5 Å². The zero-order valence-corrected chi connectivity index (χ0v) is 25.0. The van der Waals surface area contributed by atoms with Crippen molar-refractivity contribution < 1.29 is 29.3 Å². The van der Waals surface area contributed by atoms with E-state index in [2.05, 4.69) is 13.8 Å². The van der Waals surface area contributed by atoms with Crippen LogP contribution < -0.4 is 0 Å². The van der Waals surface area contributed by atoms with Crippen LogP contribution >= 0.6 is 11.8 Å². The van der Waals surface area contributed by atoms with Crippen molar-refractivity contribution in [2.24, 2.45) is 11.8 Å². The van der Waals surface area contributed by atoms with E-state index in [-0.39, 0.29) is 36.1 Å². The Morgan fingerprint density at radius 3 is 2.54 bits per heavy atom. The van der Waals surface area contributed by atoms with Crippen LogP contribution in [-0.4, -0.2) is 58.9 Å². The monoisotopic (exact) mass is 562 g/mol. The molecule has 0 saturated heterocycles. The zero-order chi connectivity index (χ0) is 28.5. The van der Waals surface area contributed by atoms with Crippen molar-refractivity contribution in [1.82, 2.24) is 0 Å². The SMILES string of the molecule is CCCCC(CCCC)OC(=O)CCCSCC[C@H]1C(=O)C[C@@H](O)[C@@H]1C=C[C@@H](O)Cc1cccc(COC)c1. The molecule has 1 fully saturated rings. The van der Waals surface area contributed by atoms with E-state index in [1.54, 1.807) is 24.9 Å². The van der Waals surface area contributed by atoms with Gasteiger partial charge in [0.2, 0.25) is 0 Å². The normalized spacial score (nSPS) is 20.3. The molecule has 0 aromatic heterocycles. The molecule has 1 aromatic rings. The molecule has 0 spiro atoms. The molecule has 1 saturated carbocycles. The van der Waals surface area contributed by atoms with E-state index >= 15 is 0 Å². The molecule has 2 N–H and O–H groups in total. The summed E-state index contributed by atoms with van der Waals surface area (Å²) in [4.78, 5) is 24.8. The molecule has 39 heavy (non-hydrogen) atoms. The van der Waals surface area contributed by atoms with Crippen LogP contribution in [-0.2, 0) is 32.1 Å². The van der Waals surface area contributed by atoms with Crippen molar-refractivity contribution in [1.29, 1.82) is 0 Å². The van der Waals surface area contributed by atoms with E-state index in [4.69, 9.17) is 9.47 Å². The first-order valence-corrected chi connectivity index (χ1v) is 15.9. The molecule has 7 heteroatoms. The van der Waals surface area contributed by atoms with E-state index in [1.165, 1.54) is 0 Å². The maximum Gasteiger partial charge on any atom is 0.306 e. The fourth-order valence-corrected chi connectivity index (χ4v) is 6.15. The fraction of sp³-hybridized carbons (Fsp3) is 0.688. The van der Waals surface area contributed by atoms with Gasteiger partial charge < -0.3 is 19.7 Å². The van der Waals surface area contributed by atoms with Crippen LogP contribution in [0.15, 0.2) is 36.4 Å². The predicted molar refractivity (Wildman–Crippen MR) is 159 cm³/mol. The van der Waals surface area contributed by atoms with Gasteiger partial charge >= 0.3 is 5.97 Å². The Labute approximate surface area is 239 Å². The topological polar surface area (TPSA) is 93.1 Å². The maximum absolute atomic E-state index is 12.6. The number of hydrogen-bond donors (Lipinski definition) is 2. The standard InChI is InChI=1S/C32H50O6S/c1-4-6-12-27(13-7-5-2)38-32(36)14-9-18-39-19-17-29-28(30(34)22-31(29)35)16-15-26(33)21-24-10-8-11-25(20-24)23-37-3/h8,10-11,15-16,20,26-30,33-34H,4-7,9,12-14,17-19,21-23H2,1-3H3/t26-,28-,29-,30-/m1/s1. The average molecular weight is 563 g/mol. The molecule has 2 rings (SSSR count). The van der Waals surface area contributed by atoms with Crippen molar-refractivity contribution in [3.8, 4) is 0 Å². The van der Waals surface area contributed by atoms with E-state index in [0.717, 1.165) is 67.6 Å². The molecule has 0 amide bonds. The van der Waals surface area contributed by atoms with Crippen LogP contribution in [0.2, 0.25) is 0 Å². The van der Waals surface area contributed by atoms with Crippen LogP contribution in [0.4, 0.5) is 0 Å². The third-order valence-corrected chi connectivity index (χ3v) is 8.44. The lowest BCUT2D eigenvalue weighted by Gasteiger charge is -2.18. The van der Waals surface area contributed by atoms with Crippen molar-refractivity contribution in [3.63, 3.8) is 0 Å².